The molecule has 21 heavy (non-hydrogen) atoms. The van der Waals surface area contributed by atoms with Gasteiger partial charge in [0, 0.05) is 36.7 Å². The van der Waals surface area contributed by atoms with Crippen LogP contribution in [0.15, 0.2) is 18.2 Å². The van der Waals surface area contributed by atoms with Crippen LogP contribution in [0.5, 0.6) is 0 Å². The predicted octanol–water partition coefficient (Wildman–Crippen LogP) is 2.41. The molecule has 118 valence electrons. The maximum absolute atomic E-state index is 6.38. The molecule has 1 aromatic rings. The van der Waals surface area contributed by atoms with Crippen molar-refractivity contribution in [3.05, 3.63) is 34.3 Å². The molecule has 1 N–H and O–H groups in total. The molecule has 2 rings (SSSR count). The number of hydrogen-bond donors (Lipinski definition) is 1. The summed E-state index contributed by atoms with van der Waals surface area (Å²) in [4.78, 5) is 4.91. The predicted molar refractivity (Wildman–Crippen MR) is 91.3 cm³/mol. The number of nitrogens with one attached hydrogen (secondary N) is 1. The van der Waals surface area contributed by atoms with Crippen LogP contribution in [0.1, 0.15) is 17.5 Å². The number of aryl methyl sites for hydroxylation is 1. The second-order valence-electron chi connectivity index (χ2n) is 6.42. The van der Waals surface area contributed by atoms with Gasteiger partial charge in [0.05, 0.1) is 0 Å². The molecule has 2 atom stereocenters. The Bertz CT molecular complexity index is 463. The molecule has 0 amide bonds. The Morgan fingerprint density at radius 2 is 2.10 bits per heavy atom. The summed E-state index contributed by atoms with van der Waals surface area (Å²) >= 11 is 6.38. The zero-order chi connectivity index (χ0) is 15.4. The summed E-state index contributed by atoms with van der Waals surface area (Å²) in [5.74, 6) is 0. The van der Waals surface area contributed by atoms with Crippen molar-refractivity contribution < 1.29 is 0 Å². The van der Waals surface area contributed by atoms with E-state index in [0.29, 0.717) is 12.1 Å². The van der Waals surface area contributed by atoms with Gasteiger partial charge in [0.1, 0.15) is 0 Å². The standard InChI is InChI=1S/C17H28ClN3/c1-13-5-6-14(17(18)9-13)10-15(19-2)11-16-12-20(3)7-8-21(16)4/h5-6,9,15-16,19H,7-8,10-12H2,1-4H3. The third-order valence-corrected chi connectivity index (χ3v) is 4.97. The van der Waals surface area contributed by atoms with Gasteiger partial charge in [-0.1, -0.05) is 23.7 Å². The van der Waals surface area contributed by atoms with Crippen molar-refractivity contribution in [2.75, 3.05) is 40.8 Å². The summed E-state index contributed by atoms with van der Waals surface area (Å²) < 4.78 is 0. The summed E-state index contributed by atoms with van der Waals surface area (Å²) in [7, 11) is 6.51. The summed E-state index contributed by atoms with van der Waals surface area (Å²) in [6.07, 6.45) is 2.14. The fourth-order valence-corrected chi connectivity index (χ4v) is 3.38. The Morgan fingerprint density at radius 1 is 1.33 bits per heavy atom. The summed E-state index contributed by atoms with van der Waals surface area (Å²) in [6, 6.07) is 7.45. The van der Waals surface area contributed by atoms with Gasteiger partial charge >= 0.3 is 0 Å². The Morgan fingerprint density at radius 3 is 2.76 bits per heavy atom. The molecule has 1 aliphatic heterocycles. The lowest BCUT2D eigenvalue weighted by Gasteiger charge is -2.39. The van der Waals surface area contributed by atoms with E-state index in [1.165, 1.54) is 17.7 Å². The molecule has 0 aliphatic carbocycles. The molecule has 0 spiro atoms. The molecule has 1 aliphatic rings. The van der Waals surface area contributed by atoms with Crippen LogP contribution in [-0.2, 0) is 6.42 Å². The zero-order valence-corrected chi connectivity index (χ0v) is 14.5. The second kappa shape index (κ2) is 7.59. The lowest BCUT2D eigenvalue weighted by Crippen LogP contribution is -2.52. The summed E-state index contributed by atoms with van der Waals surface area (Å²) in [6.45, 7) is 5.55. The van der Waals surface area contributed by atoms with Gasteiger partial charge in [-0.25, -0.2) is 0 Å². The molecule has 0 saturated carbocycles. The zero-order valence-electron chi connectivity index (χ0n) is 13.7. The van der Waals surface area contributed by atoms with Gasteiger partial charge in [-0.3, -0.25) is 0 Å². The third-order valence-electron chi connectivity index (χ3n) is 4.62. The molecular formula is C17H28ClN3. The van der Waals surface area contributed by atoms with E-state index in [9.17, 15) is 0 Å². The monoisotopic (exact) mass is 309 g/mol. The van der Waals surface area contributed by atoms with Gasteiger partial charge in [-0.15, -0.1) is 0 Å². The van der Waals surface area contributed by atoms with Crippen molar-refractivity contribution in [3.63, 3.8) is 0 Å². The lowest BCUT2D eigenvalue weighted by molar-refractivity contribution is 0.102. The van der Waals surface area contributed by atoms with Gasteiger partial charge in [0.15, 0.2) is 0 Å². The highest BCUT2D eigenvalue weighted by molar-refractivity contribution is 6.31. The molecular weight excluding hydrogens is 282 g/mol. The highest BCUT2D eigenvalue weighted by atomic mass is 35.5. The molecule has 3 nitrogen and oxygen atoms in total. The van der Waals surface area contributed by atoms with Crippen LogP contribution in [0.25, 0.3) is 0 Å². The summed E-state index contributed by atoms with van der Waals surface area (Å²) in [5.41, 5.74) is 2.46. The van der Waals surface area contributed by atoms with E-state index in [4.69, 9.17) is 11.6 Å². The smallest absolute Gasteiger partial charge is 0.0441 e. The average molecular weight is 310 g/mol. The summed E-state index contributed by atoms with van der Waals surface area (Å²) in [5, 5.41) is 4.36. The number of hydrogen-bond acceptors (Lipinski definition) is 3. The molecule has 4 heteroatoms. The number of likely N-dealkylation sites (N-methyl/N-ethyl adjacent to an activating group) is 3. The molecule has 0 radical (unpaired) electrons. The first-order valence-corrected chi connectivity index (χ1v) is 8.18. The molecule has 2 unspecified atom stereocenters. The Labute approximate surface area is 134 Å². The molecule has 1 saturated heterocycles. The Balaban J connectivity index is 1.99. The molecule has 1 heterocycles. The van der Waals surface area contributed by atoms with Crippen molar-refractivity contribution in [1.82, 2.24) is 15.1 Å². The van der Waals surface area contributed by atoms with E-state index in [1.807, 2.05) is 0 Å². The van der Waals surface area contributed by atoms with Crippen LogP contribution in [0.3, 0.4) is 0 Å². The molecule has 1 fully saturated rings. The van der Waals surface area contributed by atoms with Gasteiger partial charge in [0.2, 0.25) is 0 Å². The Kier molecular flexibility index (Phi) is 6.06. The maximum Gasteiger partial charge on any atom is 0.0441 e. The number of piperazine rings is 1. The van der Waals surface area contributed by atoms with Crippen molar-refractivity contribution in [3.8, 4) is 0 Å². The SMILES string of the molecule is CNC(Cc1ccc(C)cc1Cl)CC1CN(C)CCN1C. The van der Waals surface area contributed by atoms with Crippen LogP contribution in [0.4, 0.5) is 0 Å². The highest BCUT2D eigenvalue weighted by Crippen LogP contribution is 2.21. The minimum atomic E-state index is 0.462. The highest BCUT2D eigenvalue weighted by Gasteiger charge is 2.25. The van der Waals surface area contributed by atoms with Gasteiger partial charge in [0.25, 0.3) is 0 Å². The Hall–Kier alpha value is -0.610. The largest absolute Gasteiger partial charge is 0.317 e. The van der Waals surface area contributed by atoms with Gasteiger partial charge in [-0.05, 0) is 58.1 Å². The van der Waals surface area contributed by atoms with Gasteiger partial charge in [-0.2, -0.15) is 0 Å². The number of rotatable bonds is 5. The first-order valence-electron chi connectivity index (χ1n) is 7.80. The minimum Gasteiger partial charge on any atom is -0.317 e. The number of nitrogens with zero attached hydrogens (tertiary/aromatic N) is 2. The number of halogens is 1. The van der Waals surface area contributed by atoms with Crippen LogP contribution in [0.2, 0.25) is 5.02 Å². The van der Waals surface area contributed by atoms with Crippen molar-refractivity contribution in [2.24, 2.45) is 0 Å². The average Bonchev–Trinajstić information content (AvgIpc) is 2.44. The van der Waals surface area contributed by atoms with Crippen LogP contribution in [-0.4, -0.2) is 62.7 Å². The minimum absolute atomic E-state index is 0.462. The quantitative estimate of drug-likeness (QED) is 0.901. The first kappa shape index (κ1) is 16.8. The van der Waals surface area contributed by atoms with E-state index in [1.54, 1.807) is 0 Å². The fourth-order valence-electron chi connectivity index (χ4n) is 3.07. The van der Waals surface area contributed by atoms with Crippen molar-refractivity contribution >= 4 is 11.6 Å². The van der Waals surface area contributed by atoms with Crippen LogP contribution in [0, 0.1) is 6.92 Å². The van der Waals surface area contributed by atoms with Crippen molar-refractivity contribution in [2.45, 2.75) is 31.8 Å². The van der Waals surface area contributed by atoms with E-state index in [2.05, 4.69) is 61.4 Å². The fraction of sp³-hybridized carbons (Fsp3) is 0.647. The normalized spacial score (nSPS) is 22.4. The van der Waals surface area contributed by atoms with Crippen LogP contribution >= 0.6 is 11.6 Å². The third kappa shape index (κ3) is 4.68. The molecule has 1 aromatic carbocycles. The molecule has 0 bridgehead atoms. The van der Waals surface area contributed by atoms with Crippen LogP contribution < -0.4 is 5.32 Å². The second-order valence-corrected chi connectivity index (χ2v) is 6.82. The lowest BCUT2D eigenvalue weighted by atomic mass is 9.97. The van der Waals surface area contributed by atoms with E-state index in [-0.39, 0.29) is 0 Å². The van der Waals surface area contributed by atoms with E-state index >= 15 is 0 Å². The van der Waals surface area contributed by atoms with Gasteiger partial charge < -0.3 is 15.1 Å². The first-order chi connectivity index (χ1) is 9.99. The van der Waals surface area contributed by atoms with E-state index in [0.717, 1.165) is 31.0 Å². The van der Waals surface area contributed by atoms with E-state index < -0.39 is 0 Å². The topological polar surface area (TPSA) is 18.5 Å². The maximum atomic E-state index is 6.38. The van der Waals surface area contributed by atoms with Crippen molar-refractivity contribution in [1.29, 1.82) is 0 Å². The number of benzene rings is 1. The molecule has 0 aromatic heterocycles.